The molecule has 1 aliphatic heterocycles. The van der Waals surface area contributed by atoms with Crippen LogP contribution in [-0.4, -0.2) is 24.9 Å². The van der Waals surface area contributed by atoms with E-state index < -0.39 is 17.8 Å². The second-order valence-electron chi connectivity index (χ2n) is 8.43. The Hall–Kier alpha value is -3.44. The molecule has 1 saturated heterocycles. The van der Waals surface area contributed by atoms with E-state index in [9.17, 15) is 14.4 Å². The summed E-state index contributed by atoms with van der Waals surface area (Å²) in [4.78, 5) is 40.9. The Morgan fingerprint density at radius 2 is 1.28 bits per heavy atom. The van der Waals surface area contributed by atoms with Gasteiger partial charge in [0.05, 0.1) is 35.2 Å². The molecule has 158 valence electrons. The molecule has 3 aliphatic carbocycles. The number of carbonyl (C=O) groups is 3. The van der Waals surface area contributed by atoms with E-state index in [0.29, 0.717) is 5.69 Å². The first-order valence-corrected chi connectivity index (χ1v) is 10.8. The number of esters is 1. The van der Waals surface area contributed by atoms with Gasteiger partial charge in [-0.2, -0.15) is 0 Å². The normalized spacial score (nSPS) is 24.8. The van der Waals surface area contributed by atoms with Crippen LogP contribution in [0.25, 0.3) is 0 Å². The molecule has 0 N–H and O–H groups in total. The van der Waals surface area contributed by atoms with Crippen molar-refractivity contribution in [1.29, 1.82) is 0 Å². The van der Waals surface area contributed by atoms with Crippen molar-refractivity contribution in [2.45, 2.75) is 11.8 Å². The number of rotatable bonds is 2. The fraction of sp³-hybridized carbons (Fsp3) is 0.192. The van der Waals surface area contributed by atoms with E-state index in [1.54, 1.807) is 6.07 Å². The SMILES string of the molecule is COC(=O)c1cc(N2C(=O)[C@H]3C4c5ccccc5C(c5ccccc54)[C@@H]3C2=O)ccc1Cl. The molecule has 32 heavy (non-hydrogen) atoms. The Kier molecular flexibility index (Phi) is 4.08. The van der Waals surface area contributed by atoms with E-state index in [-0.39, 0.29) is 34.2 Å². The van der Waals surface area contributed by atoms with Crippen LogP contribution in [-0.2, 0) is 14.3 Å². The molecule has 0 saturated carbocycles. The number of nitrogens with zero attached hydrogens (tertiary/aromatic N) is 1. The smallest absolute Gasteiger partial charge is 0.339 e. The third-order valence-electron chi connectivity index (χ3n) is 7.06. The molecular formula is C26H18ClNO4. The van der Waals surface area contributed by atoms with E-state index in [2.05, 4.69) is 24.3 Å². The van der Waals surface area contributed by atoms with Crippen molar-refractivity contribution in [2.24, 2.45) is 11.8 Å². The molecule has 2 atom stereocenters. The number of imide groups is 1. The number of amides is 2. The highest BCUT2D eigenvalue weighted by molar-refractivity contribution is 6.34. The molecule has 6 heteroatoms. The monoisotopic (exact) mass is 443 g/mol. The van der Waals surface area contributed by atoms with Crippen LogP contribution in [0.15, 0.2) is 66.7 Å². The van der Waals surface area contributed by atoms with Crippen LogP contribution >= 0.6 is 11.6 Å². The number of anilines is 1. The molecule has 3 aromatic rings. The van der Waals surface area contributed by atoms with Crippen LogP contribution in [0.4, 0.5) is 5.69 Å². The van der Waals surface area contributed by atoms with Gasteiger partial charge >= 0.3 is 5.97 Å². The number of ether oxygens (including phenoxy) is 1. The average Bonchev–Trinajstić information content (AvgIpc) is 3.09. The van der Waals surface area contributed by atoms with Gasteiger partial charge in [0.25, 0.3) is 0 Å². The molecular weight excluding hydrogens is 426 g/mol. The number of methoxy groups -OCH3 is 1. The van der Waals surface area contributed by atoms with Gasteiger partial charge in [0.1, 0.15) is 0 Å². The van der Waals surface area contributed by atoms with Crippen molar-refractivity contribution >= 4 is 35.1 Å². The second-order valence-corrected chi connectivity index (χ2v) is 8.84. The summed E-state index contributed by atoms with van der Waals surface area (Å²) in [6.45, 7) is 0. The van der Waals surface area contributed by atoms with E-state index >= 15 is 0 Å². The summed E-state index contributed by atoms with van der Waals surface area (Å²) in [6.07, 6.45) is 0. The summed E-state index contributed by atoms with van der Waals surface area (Å²) in [5.74, 6) is -2.40. The van der Waals surface area contributed by atoms with Gasteiger partial charge < -0.3 is 4.74 Å². The topological polar surface area (TPSA) is 63.7 Å². The number of hydrogen-bond donors (Lipinski definition) is 0. The number of halogens is 1. The maximum atomic E-state index is 13.8. The highest BCUT2D eigenvalue weighted by atomic mass is 35.5. The van der Waals surface area contributed by atoms with Crippen molar-refractivity contribution in [3.05, 3.63) is 99.6 Å². The van der Waals surface area contributed by atoms with E-state index in [1.165, 1.54) is 24.1 Å². The molecule has 3 aromatic carbocycles. The quantitative estimate of drug-likeness (QED) is 0.431. The first kappa shape index (κ1) is 19.3. The zero-order valence-electron chi connectivity index (χ0n) is 17.1. The zero-order valence-corrected chi connectivity index (χ0v) is 17.9. The van der Waals surface area contributed by atoms with Gasteiger partial charge in [-0.15, -0.1) is 0 Å². The average molecular weight is 444 g/mol. The third kappa shape index (κ3) is 2.37. The number of benzene rings is 3. The molecule has 1 heterocycles. The van der Waals surface area contributed by atoms with Gasteiger partial charge in [-0.3, -0.25) is 9.59 Å². The molecule has 0 spiro atoms. The van der Waals surface area contributed by atoms with E-state index in [4.69, 9.17) is 16.3 Å². The molecule has 0 radical (unpaired) electrons. The summed E-state index contributed by atoms with van der Waals surface area (Å²) in [5.41, 5.74) is 4.93. The summed E-state index contributed by atoms with van der Waals surface area (Å²) < 4.78 is 4.80. The van der Waals surface area contributed by atoms with Crippen molar-refractivity contribution in [2.75, 3.05) is 12.0 Å². The van der Waals surface area contributed by atoms with E-state index in [0.717, 1.165) is 22.3 Å². The van der Waals surface area contributed by atoms with Crippen LogP contribution < -0.4 is 4.90 Å². The van der Waals surface area contributed by atoms with E-state index in [1.807, 2.05) is 24.3 Å². The van der Waals surface area contributed by atoms with Crippen molar-refractivity contribution in [3.63, 3.8) is 0 Å². The summed E-state index contributed by atoms with van der Waals surface area (Å²) in [6, 6.07) is 20.8. The van der Waals surface area contributed by atoms with Crippen LogP contribution in [0, 0.1) is 11.8 Å². The molecule has 7 rings (SSSR count). The Balaban J connectivity index is 1.52. The van der Waals surface area contributed by atoms with Crippen molar-refractivity contribution in [3.8, 4) is 0 Å². The Morgan fingerprint density at radius 3 is 1.72 bits per heavy atom. The molecule has 4 aliphatic rings. The van der Waals surface area contributed by atoms with Gasteiger partial charge in [-0.1, -0.05) is 60.1 Å². The third-order valence-corrected chi connectivity index (χ3v) is 7.39. The number of hydrogen-bond acceptors (Lipinski definition) is 4. The lowest BCUT2D eigenvalue weighted by Crippen LogP contribution is -2.41. The standard InChI is InChI=1S/C26H18ClNO4/c1-32-26(31)18-12-13(10-11-19(18)27)28-24(29)22-20-14-6-2-3-7-15(14)21(23(22)25(28)30)17-9-5-4-8-16(17)20/h2-12,20-23H,1H3/t20?,21?,22-,23-/m0/s1. The summed E-state index contributed by atoms with van der Waals surface area (Å²) in [7, 11) is 1.26. The molecule has 2 bridgehead atoms. The second kappa shape index (κ2) is 6.78. The van der Waals surface area contributed by atoms with Crippen LogP contribution in [0.2, 0.25) is 5.02 Å². The van der Waals surface area contributed by atoms with Gasteiger partial charge in [0.2, 0.25) is 11.8 Å². The van der Waals surface area contributed by atoms with Crippen molar-refractivity contribution < 1.29 is 19.1 Å². The molecule has 1 fully saturated rings. The predicted octanol–water partition coefficient (Wildman–Crippen LogP) is 4.52. The molecule has 0 unspecified atom stereocenters. The summed E-state index contributed by atoms with van der Waals surface area (Å²) >= 11 is 6.16. The largest absolute Gasteiger partial charge is 0.465 e. The maximum absolute atomic E-state index is 13.8. The minimum Gasteiger partial charge on any atom is -0.465 e. The van der Waals surface area contributed by atoms with Gasteiger partial charge in [-0.05, 0) is 40.5 Å². The predicted molar refractivity (Wildman–Crippen MR) is 119 cm³/mol. The van der Waals surface area contributed by atoms with Crippen LogP contribution in [0.5, 0.6) is 0 Å². The minimum atomic E-state index is -0.617. The van der Waals surface area contributed by atoms with Crippen LogP contribution in [0.3, 0.4) is 0 Å². The lowest BCUT2D eigenvalue weighted by Gasteiger charge is -2.45. The molecule has 0 aromatic heterocycles. The first-order valence-electron chi connectivity index (χ1n) is 10.5. The Bertz CT molecular complexity index is 1220. The highest BCUT2D eigenvalue weighted by Crippen LogP contribution is 2.61. The Morgan fingerprint density at radius 1 is 0.812 bits per heavy atom. The van der Waals surface area contributed by atoms with Gasteiger partial charge in [0.15, 0.2) is 0 Å². The number of carbonyl (C=O) groups excluding carboxylic acids is 3. The van der Waals surface area contributed by atoms with Gasteiger partial charge in [0, 0.05) is 11.8 Å². The Labute approximate surface area is 189 Å². The van der Waals surface area contributed by atoms with Crippen molar-refractivity contribution in [1.82, 2.24) is 0 Å². The fourth-order valence-corrected chi connectivity index (χ4v) is 6.05. The highest BCUT2D eigenvalue weighted by Gasteiger charge is 2.61. The fourth-order valence-electron chi connectivity index (χ4n) is 5.85. The minimum absolute atomic E-state index is 0.122. The summed E-state index contributed by atoms with van der Waals surface area (Å²) in [5, 5.41) is 0.206. The molecule has 5 nitrogen and oxygen atoms in total. The van der Waals surface area contributed by atoms with Gasteiger partial charge in [-0.25, -0.2) is 9.69 Å². The molecule has 2 amide bonds. The lowest BCUT2D eigenvalue weighted by molar-refractivity contribution is -0.122. The first-order chi connectivity index (χ1) is 15.5. The zero-order chi connectivity index (χ0) is 22.1. The van der Waals surface area contributed by atoms with Crippen LogP contribution in [0.1, 0.15) is 44.4 Å². The maximum Gasteiger partial charge on any atom is 0.339 e. The lowest BCUT2D eigenvalue weighted by atomic mass is 9.55.